The summed E-state index contributed by atoms with van der Waals surface area (Å²) >= 11 is 0. The Bertz CT molecular complexity index is 552. The van der Waals surface area contributed by atoms with Gasteiger partial charge in [-0.15, -0.1) is 0 Å². The van der Waals surface area contributed by atoms with Crippen LogP contribution in [0, 0.1) is 6.92 Å². The second-order valence-electron chi connectivity index (χ2n) is 5.35. The molecule has 0 atom stereocenters. The summed E-state index contributed by atoms with van der Waals surface area (Å²) in [5.74, 6) is 1.89. The van der Waals surface area contributed by atoms with E-state index >= 15 is 0 Å². The molecule has 0 saturated carbocycles. The number of hydrogen-bond donors (Lipinski definition) is 1. The fourth-order valence-corrected chi connectivity index (χ4v) is 2.21. The van der Waals surface area contributed by atoms with Crippen LogP contribution in [0.1, 0.15) is 24.0 Å². The van der Waals surface area contributed by atoms with Gasteiger partial charge in [-0.05, 0) is 62.1 Å². The zero-order valence-electron chi connectivity index (χ0n) is 13.3. The lowest BCUT2D eigenvalue weighted by Crippen LogP contribution is -2.04. The van der Waals surface area contributed by atoms with Gasteiger partial charge in [-0.2, -0.15) is 0 Å². The first-order valence-corrected chi connectivity index (χ1v) is 7.90. The van der Waals surface area contributed by atoms with Gasteiger partial charge in [0.15, 0.2) is 0 Å². The van der Waals surface area contributed by atoms with Crippen molar-refractivity contribution in [1.82, 2.24) is 0 Å². The van der Waals surface area contributed by atoms with Gasteiger partial charge in [0.1, 0.15) is 11.5 Å². The minimum atomic E-state index is 0.682. The highest BCUT2D eigenvalue weighted by molar-refractivity contribution is 5.31. The summed E-state index contributed by atoms with van der Waals surface area (Å²) in [6, 6.07) is 16.3. The Kier molecular flexibility index (Phi) is 6.78. The van der Waals surface area contributed by atoms with Crippen molar-refractivity contribution in [3.8, 4) is 11.5 Å². The lowest BCUT2D eigenvalue weighted by molar-refractivity contribution is 0.265. The Morgan fingerprint density at radius 2 is 1.55 bits per heavy atom. The monoisotopic (exact) mass is 299 g/mol. The Labute approximate surface area is 133 Å². The van der Waals surface area contributed by atoms with E-state index in [4.69, 9.17) is 15.2 Å². The standard InChI is InChI=1S/C19H25NO2/c1-16-6-2-3-7-19(16)22-15-5-4-14-21-18-10-8-17(9-11-18)12-13-20/h2-3,6-11H,4-5,12-15,20H2,1H3. The van der Waals surface area contributed by atoms with Crippen LogP contribution in [0.15, 0.2) is 48.5 Å². The van der Waals surface area contributed by atoms with Crippen molar-refractivity contribution in [2.45, 2.75) is 26.2 Å². The molecule has 2 N–H and O–H groups in total. The van der Waals surface area contributed by atoms with Crippen molar-refractivity contribution in [3.63, 3.8) is 0 Å². The van der Waals surface area contributed by atoms with Gasteiger partial charge in [-0.1, -0.05) is 30.3 Å². The van der Waals surface area contributed by atoms with E-state index in [0.717, 1.165) is 37.4 Å². The number of nitrogens with two attached hydrogens (primary N) is 1. The molecular weight excluding hydrogens is 274 g/mol. The van der Waals surface area contributed by atoms with Crippen LogP contribution in [-0.4, -0.2) is 19.8 Å². The number of benzene rings is 2. The molecule has 0 fully saturated rings. The average Bonchev–Trinajstić information content (AvgIpc) is 2.54. The highest BCUT2D eigenvalue weighted by atomic mass is 16.5. The molecule has 0 amide bonds. The quantitative estimate of drug-likeness (QED) is 0.717. The van der Waals surface area contributed by atoms with Crippen LogP contribution in [0.25, 0.3) is 0 Å². The van der Waals surface area contributed by atoms with E-state index in [1.165, 1.54) is 11.1 Å². The minimum absolute atomic E-state index is 0.682. The van der Waals surface area contributed by atoms with Crippen molar-refractivity contribution in [2.24, 2.45) is 5.73 Å². The number of rotatable bonds is 9. The van der Waals surface area contributed by atoms with Gasteiger partial charge in [0, 0.05) is 0 Å². The van der Waals surface area contributed by atoms with Crippen molar-refractivity contribution < 1.29 is 9.47 Å². The zero-order valence-corrected chi connectivity index (χ0v) is 13.3. The molecule has 0 aliphatic carbocycles. The SMILES string of the molecule is Cc1ccccc1OCCCCOc1ccc(CCN)cc1. The predicted octanol–water partition coefficient (Wildman–Crippen LogP) is 3.73. The van der Waals surface area contributed by atoms with Gasteiger partial charge < -0.3 is 15.2 Å². The summed E-state index contributed by atoms with van der Waals surface area (Å²) in [7, 11) is 0. The van der Waals surface area contributed by atoms with E-state index < -0.39 is 0 Å². The predicted molar refractivity (Wildman–Crippen MR) is 90.6 cm³/mol. The maximum atomic E-state index is 5.76. The lowest BCUT2D eigenvalue weighted by atomic mass is 10.1. The van der Waals surface area contributed by atoms with Crippen LogP contribution in [-0.2, 0) is 6.42 Å². The molecule has 0 aliphatic rings. The molecule has 2 aromatic rings. The van der Waals surface area contributed by atoms with Crippen molar-refractivity contribution >= 4 is 0 Å². The number of aryl methyl sites for hydroxylation is 1. The second kappa shape index (κ2) is 9.11. The van der Waals surface area contributed by atoms with Crippen LogP contribution >= 0.6 is 0 Å². The van der Waals surface area contributed by atoms with E-state index in [1.807, 2.05) is 30.3 Å². The van der Waals surface area contributed by atoms with E-state index in [2.05, 4.69) is 25.1 Å². The first-order chi connectivity index (χ1) is 10.8. The number of para-hydroxylation sites is 1. The normalized spacial score (nSPS) is 10.5. The van der Waals surface area contributed by atoms with Crippen molar-refractivity contribution in [1.29, 1.82) is 0 Å². The van der Waals surface area contributed by atoms with Crippen LogP contribution in [0.3, 0.4) is 0 Å². The summed E-state index contributed by atoms with van der Waals surface area (Å²) in [4.78, 5) is 0. The first-order valence-electron chi connectivity index (χ1n) is 7.90. The summed E-state index contributed by atoms with van der Waals surface area (Å²) < 4.78 is 11.5. The molecule has 0 bridgehead atoms. The molecule has 0 spiro atoms. The summed E-state index contributed by atoms with van der Waals surface area (Å²) in [6.07, 6.45) is 2.88. The molecule has 2 aromatic carbocycles. The second-order valence-corrected chi connectivity index (χ2v) is 5.35. The van der Waals surface area contributed by atoms with Gasteiger partial charge in [0.25, 0.3) is 0 Å². The molecule has 2 rings (SSSR count). The van der Waals surface area contributed by atoms with E-state index in [1.54, 1.807) is 0 Å². The van der Waals surface area contributed by atoms with Gasteiger partial charge in [-0.3, -0.25) is 0 Å². The third kappa shape index (κ3) is 5.41. The van der Waals surface area contributed by atoms with Crippen molar-refractivity contribution in [2.75, 3.05) is 19.8 Å². The molecular formula is C19H25NO2. The van der Waals surface area contributed by atoms with Crippen LogP contribution in [0.2, 0.25) is 0 Å². The van der Waals surface area contributed by atoms with Gasteiger partial charge >= 0.3 is 0 Å². The molecule has 0 aromatic heterocycles. The fourth-order valence-electron chi connectivity index (χ4n) is 2.21. The number of ether oxygens (including phenoxy) is 2. The molecule has 3 nitrogen and oxygen atoms in total. The van der Waals surface area contributed by atoms with Crippen molar-refractivity contribution in [3.05, 3.63) is 59.7 Å². The molecule has 0 heterocycles. The molecule has 0 radical (unpaired) electrons. The van der Waals surface area contributed by atoms with Crippen LogP contribution < -0.4 is 15.2 Å². The highest BCUT2D eigenvalue weighted by Crippen LogP contribution is 2.16. The fraction of sp³-hybridized carbons (Fsp3) is 0.368. The van der Waals surface area contributed by atoms with Crippen LogP contribution in [0.4, 0.5) is 0 Å². The zero-order chi connectivity index (χ0) is 15.6. The number of unbranched alkanes of at least 4 members (excludes halogenated alkanes) is 1. The minimum Gasteiger partial charge on any atom is -0.494 e. The maximum Gasteiger partial charge on any atom is 0.122 e. The largest absolute Gasteiger partial charge is 0.494 e. The third-order valence-electron chi connectivity index (χ3n) is 3.51. The summed E-state index contributed by atoms with van der Waals surface area (Å²) in [6.45, 7) is 4.19. The third-order valence-corrected chi connectivity index (χ3v) is 3.51. The van der Waals surface area contributed by atoms with E-state index in [9.17, 15) is 0 Å². The molecule has 0 unspecified atom stereocenters. The first kappa shape index (κ1) is 16.4. The summed E-state index contributed by atoms with van der Waals surface area (Å²) in [5.41, 5.74) is 7.96. The smallest absolute Gasteiger partial charge is 0.122 e. The van der Waals surface area contributed by atoms with E-state index in [-0.39, 0.29) is 0 Å². The van der Waals surface area contributed by atoms with Gasteiger partial charge in [0.2, 0.25) is 0 Å². The molecule has 3 heteroatoms. The van der Waals surface area contributed by atoms with E-state index in [0.29, 0.717) is 13.2 Å². The molecule has 0 aliphatic heterocycles. The Balaban J connectivity index is 1.60. The Morgan fingerprint density at radius 3 is 2.23 bits per heavy atom. The van der Waals surface area contributed by atoms with Crippen LogP contribution in [0.5, 0.6) is 11.5 Å². The topological polar surface area (TPSA) is 44.5 Å². The molecule has 118 valence electrons. The summed E-state index contributed by atoms with van der Waals surface area (Å²) in [5, 5.41) is 0. The van der Waals surface area contributed by atoms with Gasteiger partial charge in [-0.25, -0.2) is 0 Å². The molecule has 22 heavy (non-hydrogen) atoms. The lowest BCUT2D eigenvalue weighted by Gasteiger charge is -2.09. The Hall–Kier alpha value is -2.00. The van der Waals surface area contributed by atoms with Gasteiger partial charge in [0.05, 0.1) is 13.2 Å². The Morgan fingerprint density at radius 1 is 0.864 bits per heavy atom. The average molecular weight is 299 g/mol. The molecule has 0 saturated heterocycles. The highest BCUT2D eigenvalue weighted by Gasteiger charge is 1.98. The number of hydrogen-bond acceptors (Lipinski definition) is 3. The maximum absolute atomic E-state index is 5.76.